The number of nitrogens with zero attached hydrogens (tertiary/aromatic N) is 3. The summed E-state index contributed by atoms with van der Waals surface area (Å²) in [5, 5.41) is 5.46. The third-order valence-corrected chi connectivity index (χ3v) is 9.23. The van der Waals surface area contributed by atoms with Crippen LogP contribution in [0.2, 0.25) is 0 Å². The molecular formula is C12H19N4O15P3. The van der Waals surface area contributed by atoms with Crippen molar-refractivity contribution in [1.29, 1.82) is 0 Å². The number of nitrogens with one attached hydrogen (secondary N) is 1. The van der Waals surface area contributed by atoms with E-state index in [4.69, 9.17) is 9.26 Å². The topological polar surface area (TPSA) is 250 Å². The minimum atomic E-state index is -5.07. The van der Waals surface area contributed by atoms with Crippen molar-refractivity contribution in [3.63, 3.8) is 0 Å². The largest absolute Gasteiger partial charge is 0.492 e. The summed E-state index contributed by atoms with van der Waals surface area (Å²) in [5.74, 6) is 0. The predicted molar refractivity (Wildman–Crippen MR) is 109 cm³/mol. The molecule has 1 aliphatic heterocycles. The maximum atomic E-state index is 12.7. The Kier molecular flexibility index (Phi) is 9.49. The molecule has 1 aromatic heterocycles. The van der Waals surface area contributed by atoms with Crippen LogP contribution in [0.5, 0.6) is 0 Å². The molecule has 2 rings (SSSR count). The Bertz CT molecular complexity index is 1150. The zero-order valence-corrected chi connectivity index (χ0v) is 20.2. The van der Waals surface area contributed by atoms with Crippen molar-refractivity contribution in [1.82, 2.24) is 9.55 Å². The van der Waals surface area contributed by atoms with Gasteiger partial charge < -0.3 is 9.63 Å². The molecule has 1 aromatic rings. The standard InChI is InChI=1S/C12H19N4O15P3/c1-25-32(21,22)30-34(24,27-3)31-33(23,26-2)28-6-7-9(14-19)10(15-20)11(29-7)16-5-4-8(17)13-12(16)18/h4-5,7,9-11H,6H2,1-3H3,(H,21,22)(H,13,17,18). The van der Waals surface area contributed by atoms with Gasteiger partial charge in [0, 0.05) is 33.6 Å². The van der Waals surface area contributed by atoms with Gasteiger partial charge in [-0.3, -0.25) is 32.4 Å². The summed E-state index contributed by atoms with van der Waals surface area (Å²) in [6.45, 7) is -0.882. The third kappa shape index (κ3) is 6.68. The van der Waals surface area contributed by atoms with Gasteiger partial charge in [-0.25, -0.2) is 18.5 Å². The highest BCUT2D eigenvalue weighted by molar-refractivity contribution is 7.67. The summed E-state index contributed by atoms with van der Waals surface area (Å²) in [6.07, 6.45) is -2.02. The second-order valence-electron chi connectivity index (χ2n) is 6.14. The Labute approximate surface area is 189 Å². The average molecular weight is 552 g/mol. The molecular weight excluding hydrogens is 533 g/mol. The summed E-state index contributed by atoms with van der Waals surface area (Å²) in [7, 11) is -12.7. The highest BCUT2D eigenvalue weighted by Crippen LogP contribution is 2.71. The molecule has 1 fully saturated rings. The van der Waals surface area contributed by atoms with Gasteiger partial charge >= 0.3 is 29.2 Å². The first-order valence-corrected chi connectivity index (χ1v) is 13.2. The molecule has 19 nitrogen and oxygen atoms in total. The average Bonchev–Trinajstić information content (AvgIpc) is 3.14. The van der Waals surface area contributed by atoms with Gasteiger partial charge in [-0.1, -0.05) is 10.4 Å². The van der Waals surface area contributed by atoms with Crippen LogP contribution in [0.1, 0.15) is 6.23 Å². The summed E-state index contributed by atoms with van der Waals surface area (Å²) >= 11 is 0. The Morgan fingerprint density at radius 1 is 1.03 bits per heavy atom. The zero-order valence-electron chi connectivity index (χ0n) is 17.5. The fourth-order valence-corrected chi connectivity index (χ4v) is 6.68. The molecule has 0 saturated carbocycles. The summed E-state index contributed by atoms with van der Waals surface area (Å²) in [6, 6.07) is -2.22. The van der Waals surface area contributed by atoms with E-state index in [-0.39, 0.29) is 0 Å². The van der Waals surface area contributed by atoms with Crippen LogP contribution >= 0.6 is 23.5 Å². The van der Waals surface area contributed by atoms with Gasteiger partial charge in [0.05, 0.1) is 6.61 Å². The lowest BCUT2D eigenvalue weighted by atomic mass is 10.1. The lowest BCUT2D eigenvalue weighted by Gasteiger charge is -2.23. The number of phosphoric acid groups is 3. The number of hydrogen-bond acceptors (Lipinski definition) is 16. The summed E-state index contributed by atoms with van der Waals surface area (Å²) in [4.78, 5) is 57.2. The van der Waals surface area contributed by atoms with Crippen molar-refractivity contribution in [3.8, 4) is 0 Å². The van der Waals surface area contributed by atoms with E-state index in [1.807, 2.05) is 4.98 Å². The highest BCUT2D eigenvalue weighted by atomic mass is 31.3. The van der Waals surface area contributed by atoms with Gasteiger partial charge in [-0.2, -0.15) is 18.4 Å². The predicted octanol–water partition coefficient (Wildman–Crippen LogP) is 1.01. The first kappa shape index (κ1) is 28.5. The van der Waals surface area contributed by atoms with E-state index in [0.717, 1.165) is 38.2 Å². The van der Waals surface area contributed by atoms with Crippen molar-refractivity contribution >= 4 is 23.5 Å². The normalized spacial score (nSPS) is 27.9. The summed E-state index contributed by atoms with van der Waals surface area (Å²) in [5.41, 5.74) is -1.74. The van der Waals surface area contributed by atoms with Gasteiger partial charge in [0.15, 0.2) is 18.3 Å². The fourth-order valence-electron chi connectivity index (χ4n) is 2.61. The minimum Gasteiger partial charge on any atom is -0.347 e. The van der Waals surface area contributed by atoms with Crippen molar-refractivity contribution in [2.75, 3.05) is 27.9 Å². The van der Waals surface area contributed by atoms with Gasteiger partial charge in [0.2, 0.25) is 0 Å². The molecule has 0 spiro atoms. The molecule has 0 bridgehead atoms. The van der Waals surface area contributed by atoms with E-state index >= 15 is 0 Å². The van der Waals surface area contributed by atoms with Gasteiger partial charge in [0.25, 0.3) is 5.56 Å². The van der Waals surface area contributed by atoms with Gasteiger partial charge in [0.1, 0.15) is 6.10 Å². The fraction of sp³-hybridized carbons (Fsp3) is 0.667. The number of phosphoric ester groups is 2. The molecule has 7 atom stereocenters. The molecule has 0 radical (unpaired) electrons. The molecule has 0 amide bonds. The Morgan fingerprint density at radius 2 is 1.65 bits per heavy atom. The Balaban J connectivity index is 2.24. The van der Waals surface area contributed by atoms with E-state index in [1.54, 1.807) is 0 Å². The second kappa shape index (κ2) is 11.3. The van der Waals surface area contributed by atoms with Crippen LogP contribution in [0, 0.1) is 9.81 Å². The highest BCUT2D eigenvalue weighted by Gasteiger charge is 2.51. The number of aromatic amines is 1. The SMILES string of the molecule is COP(=O)(O)OP(=O)(OC)OP(=O)(OC)OCC1OC(n2ccc(=O)[nH]c2=O)C(N=O)C1N=O. The third-order valence-electron chi connectivity index (χ3n) is 4.18. The Hall–Kier alpha value is -1.75. The first-order chi connectivity index (χ1) is 15.9. The molecule has 0 aromatic carbocycles. The number of hydrogen-bond donors (Lipinski definition) is 2. The van der Waals surface area contributed by atoms with Crippen LogP contribution < -0.4 is 11.2 Å². The molecule has 2 N–H and O–H groups in total. The molecule has 1 saturated heterocycles. The molecule has 34 heavy (non-hydrogen) atoms. The van der Waals surface area contributed by atoms with E-state index in [9.17, 15) is 38.0 Å². The summed E-state index contributed by atoms with van der Waals surface area (Å²) < 4.78 is 69.5. The molecule has 0 aliphatic carbocycles. The van der Waals surface area contributed by atoms with Gasteiger partial charge in [-0.15, -0.1) is 0 Å². The number of H-pyrrole nitrogens is 1. The van der Waals surface area contributed by atoms with E-state index in [1.165, 1.54) is 0 Å². The molecule has 192 valence electrons. The lowest BCUT2D eigenvalue weighted by Crippen LogP contribution is -2.36. The molecule has 22 heteroatoms. The van der Waals surface area contributed by atoms with Gasteiger partial charge in [-0.05, 0) is 0 Å². The van der Waals surface area contributed by atoms with Crippen LogP contribution in [0.3, 0.4) is 0 Å². The number of nitroso groups, excluding NO2 is 2. The van der Waals surface area contributed by atoms with E-state index in [0.29, 0.717) is 0 Å². The molecule has 7 unspecified atom stereocenters. The van der Waals surface area contributed by atoms with Crippen molar-refractivity contribution in [3.05, 3.63) is 42.9 Å². The zero-order chi connectivity index (χ0) is 25.7. The number of rotatable bonds is 13. The lowest BCUT2D eigenvalue weighted by molar-refractivity contribution is -0.0302. The monoisotopic (exact) mass is 552 g/mol. The first-order valence-electron chi connectivity index (χ1n) is 8.75. The van der Waals surface area contributed by atoms with Crippen LogP contribution in [0.4, 0.5) is 0 Å². The van der Waals surface area contributed by atoms with Crippen molar-refractivity contribution in [2.24, 2.45) is 10.4 Å². The van der Waals surface area contributed by atoms with Crippen LogP contribution in [-0.2, 0) is 45.1 Å². The molecule has 2 heterocycles. The van der Waals surface area contributed by atoms with Crippen LogP contribution in [-0.4, -0.2) is 60.6 Å². The number of ether oxygens (including phenoxy) is 1. The quantitative estimate of drug-likeness (QED) is 0.256. The molecule has 1 aliphatic rings. The van der Waals surface area contributed by atoms with Crippen LogP contribution in [0.15, 0.2) is 32.2 Å². The minimum absolute atomic E-state index is 0.718. The van der Waals surface area contributed by atoms with Crippen LogP contribution in [0.25, 0.3) is 0 Å². The number of aromatic nitrogens is 2. The maximum absolute atomic E-state index is 12.7. The van der Waals surface area contributed by atoms with Crippen molar-refractivity contribution < 1.29 is 50.0 Å². The van der Waals surface area contributed by atoms with E-state index < -0.39 is 65.7 Å². The Morgan fingerprint density at radius 3 is 2.15 bits per heavy atom. The van der Waals surface area contributed by atoms with E-state index in [2.05, 4.69) is 32.5 Å². The smallest absolute Gasteiger partial charge is 0.347 e. The maximum Gasteiger partial charge on any atom is 0.492 e. The van der Waals surface area contributed by atoms with Crippen molar-refractivity contribution in [2.45, 2.75) is 24.4 Å². The second-order valence-corrected chi connectivity index (χ2v) is 11.5.